The number of ether oxygens (including phenoxy) is 1. The number of ketones is 1. The first-order valence-electron chi connectivity index (χ1n) is 10.9. The summed E-state index contributed by atoms with van der Waals surface area (Å²) in [6, 6.07) is 27.6. The molecule has 0 radical (unpaired) electrons. The topological polar surface area (TPSA) is 29.5 Å². The highest BCUT2D eigenvalue weighted by Crippen LogP contribution is 2.23. The van der Waals surface area contributed by atoms with E-state index in [1.54, 1.807) is 0 Å². The molecule has 0 atom stereocenters. The van der Waals surface area contributed by atoms with Gasteiger partial charge in [-0.1, -0.05) is 60.7 Å². The molecule has 0 unspecified atom stereocenters. The van der Waals surface area contributed by atoms with Crippen LogP contribution in [0, 0.1) is 5.92 Å². The van der Waals surface area contributed by atoms with E-state index in [0.29, 0.717) is 11.1 Å². The lowest BCUT2D eigenvalue weighted by Gasteiger charge is -2.32. The van der Waals surface area contributed by atoms with Gasteiger partial charge in [0.1, 0.15) is 5.75 Å². The number of piperidine rings is 1. The van der Waals surface area contributed by atoms with Gasteiger partial charge < -0.3 is 4.74 Å². The minimum Gasteiger partial charge on any atom is -0.494 e. The second-order valence-electron chi connectivity index (χ2n) is 8.06. The molecule has 30 heavy (non-hydrogen) atoms. The van der Waals surface area contributed by atoms with Gasteiger partial charge in [-0.15, -0.1) is 0 Å². The van der Waals surface area contributed by atoms with Gasteiger partial charge in [-0.25, -0.2) is 0 Å². The van der Waals surface area contributed by atoms with Crippen LogP contribution in [0.1, 0.15) is 40.7 Å². The molecule has 1 aliphatic rings. The Bertz CT molecular complexity index is 914. The summed E-state index contributed by atoms with van der Waals surface area (Å²) < 4.78 is 5.95. The zero-order valence-electron chi connectivity index (χ0n) is 17.4. The predicted molar refractivity (Wildman–Crippen MR) is 121 cm³/mol. The average Bonchev–Trinajstić information content (AvgIpc) is 2.81. The summed E-state index contributed by atoms with van der Waals surface area (Å²) in [5, 5.41) is 0. The van der Waals surface area contributed by atoms with E-state index in [9.17, 15) is 4.79 Å². The Morgan fingerprint density at radius 1 is 0.800 bits per heavy atom. The molecular weight excluding hydrogens is 370 g/mol. The van der Waals surface area contributed by atoms with E-state index in [2.05, 4.69) is 35.2 Å². The van der Waals surface area contributed by atoms with E-state index in [-0.39, 0.29) is 5.78 Å². The van der Waals surface area contributed by atoms with Crippen LogP contribution in [-0.2, 0) is 6.54 Å². The van der Waals surface area contributed by atoms with Crippen molar-refractivity contribution < 1.29 is 9.53 Å². The van der Waals surface area contributed by atoms with Crippen molar-refractivity contribution in [1.29, 1.82) is 0 Å². The largest absolute Gasteiger partial charge is 0.494 e. The maximum Gasteiger partial charge on any atom is 0.193 e. The highest BCUT2D eigenvalue weighted by molar-refractivity contribution is 6.08. The summed E-state index contributed by atoms with van der Waals surface area (Å²) in [5.41, 5.74) is 2.80. The molecule has 4 rings (SSSR count). The minimum atomic E-state index is 0.0458. The number of carbonyl (C=O) groups excluding carboxylic acids is 1. The summed E-state index contributed by atoms with van der Waals surface area (Å²) >= 11 is 0. The van der Waals surface area contributed by atoms with Gasteiger partial charge >= 0.3 is 0 Å². The van der Waals surface area contributed by atoms with E-state index < -0.39 is 0 Å². The molecule has 3 aromatic rings. The molecule has 0 aromatic heterocycles. The van der Waals surface area contributed by atoms with Crippen LogP contribution in [0.15, 0.2) is 84.9 Å². The molecule has 3 nitrogen and oxygen atoms in total. The maximum atomic E-state index is 12.5. The van der Waals surface area contributed by atoms with Crippen LogP contribution >= 0.6 is 0 Å². The molecule has 3 heteroatoms. The number of benzene rings is 3. The van der Waals surface area contributed by atoms with Crippen molar-refractivity contribution in [2.24, 2.45) is 5.92 Å². The summed E-state index contributed by atoms with van der Waals surface area (Å²) in [6.07, 6.45) is 3.56. The minimum absolute atomic E-state index is 0.0458. The Morgan fingerprint density at radius 3 is 2.07 bits per heavy atom. The van der Waals surface area contributed by atoms with E-state index >= 15 is 0 Å². The molecular formula is C27H29NO2. The number of likely N-dealkylation sites (tertiary alicyclic amines) is 1. The molecule has 0 N–H and O–H groups in total. The molecule has 0 spiro atoms. The lowest BCUT2D eigenvalue weighted by atomic mass is 9.93. The molecule has 154 valence electrons. The second kappa shape index (κ2) is 10.2. The normalized spacial score (nSPS) is 15.1. The summed E-state index contributed by atoms with van der Waals surface area (Å²) in [5.74, 6) is 1.61. The van der Waals surface area contributed by atoms with Crippen molar-refractivity contribution in [1.82, 2.24) is 4.90 Å². The van der Waals surface area contributed by atoms with Crippen LogP contribution in [0.5, 0.6) is 5.75 Å². The van der Waals surface area contributed by atoms with E-state index in [1.807, 2.05) is 54.6 Å². The molecule has 1 fully saturated rings. The standard InChI is InChI=1S/C27H29NO2/c29-27(24-9-5-2-6-10-24)25-11-13-26(14-12-25)30-20-17-22-15-18-28(19-16-22)21-23-7-3-1-4-8-23/h1-14,22H,15-21H2. The fraction of sp³-hybridized carbons (Fsp3) is 0.296. The predicted octanol–water partition coefficient (Wildman–Crippen LogP) is 5.60. The van der Waals surface area contributed by atoms with E-state index in [1.165, 1.54) is 18.4 Å². The lowest BCUT2D eigenvalue weighted by Crippen LogP contribution is -2.33. The summed E-state index contributed by atoms with van der Waals surface area (Å²) in [7, 11) is 0. The molecule has 3 aromatic carbocycles. The highest BCUT2D eigenvalue weighted by Gasteiger charge is 2.19. The third-order valence-corrected chi connectivity index (χ3v) is 5.90. The SMILES string of the molecule is O=C(c1ccccc1)c1ccc(OCCC2CCN(Cc3ccccc3)CC2)cc1. The van der Waals surface area contributed by atoms with Crippen LogP contribution in [0.4, 0.5) is 0 Å². The van der Waals surface area contributed by atoms with Crippen molar-refractivity contribution in [3.8, 4) is 5.75 Å². The fourth-order valence-electron chi connectivity index (χ4n) is 4.08. The smallest absolute Gasteiger partial charge is 0.193 e. The fourth-order valence-corrected chi connectivity index (χ4v) is 4.08. The molecule has 0 aliphatic carbocycles. The maximum absolute atomic E-state index is 12.5. The zero-order valence-corrected chi connectivity index (χ0v) is 17.4. The number of rotatable bonds is 8. The first-order chi connectivity index (χ1) is 14.8. The number of carbonyl (C=O) groups is 1. The van der Waals surface area contributed by atoms with Gasteiger partial charge in [-0.3, -0.25) is 9.69 Å². The van der Waals surface area contributed by atoms with Gasteiger partial charge in [0.25, 0.3) is 0 Å². The van der Waals surface area contributed by atoms with E-state index in [0.717, 1.165) is 44.3 Å². The van der Waals surface area contributed by atoms with Gasteiger partial charge in [0.2, 0.25) is 0 Å². The first-order valence-corrected chi connectivity index (χ1v) is 10.9. The van der Waals surface area contributed by atoms with Gasteiger partial charge in [0.15, 0.2) is 5.78 Å². The quantitative estimate of drug-likeness (QED) is 0.462. The second-order valence-corrected chi connectivity index (χ2v) is 8.06. The molecule has 0 amide bonds. The summed E-state index contributed by atoms with van der Waals surface area (Å²) in [6.45, 7) is 4.11. The molecule has 0 saturated carbocycles. The van der Waals surface area contributed by atoms with Gasteiger partial charge in [-0.05, 0) is 68.1 Å². The van der Waals surface area contributed by atoms with Gasteiger partial charge in [0, 0.05) is 17.7 Å². The van der Waals surface area contributed by atoms with Crippen molar-refractivity contribution in [3.63, 3.8) is 0 Å². The Labute approximate surface area is 179 Å². The zero-order chi connectivity index (χ0) is 20.6. The lowest BCUT2D eigenvalue weighted by molar-refractivity contribution is 0.103. The third-order valence-electron chi connectivity index (χ3n) is 5.90. The van der Waals surface area contributed by atoms with Crippen LogP contribution in [0.2, 0.25) is 0 Å². The van der Waals surface area contributed by atoms with Crippen LogP contribution in [0.25, 0.3) is 0 Å². The van der Waals surface area contributed by atoms with Crippen molar-refractivity contribution in [3.05, 3.63) is 102 Å². The molecule has 1 heterocycles. The Balaban J connectivity index is 1.18. The van der Waals surface area contributed by atoms with Crippen molar-refractivity contribution in [2.75, 3.05) is 19.7 Å². The number of nitrogens with zero attached hydrogens (tertiary/aromatic N) is 1. The number of hydrogen-bond acceptors (Lipinski definition) is 3. The highest BCUT2D eigenvalue weighted by atomic mass is 16.5. The van der Waals surface area contributed by atoms with Gasteiger partial charge in [0.05, 0.1) is 6.61 Å². The Hall–Kier alpha value is -2.91. The summed E-state index contributed by atoms with van der Waals surface area (Å²) in [4.78, 5) is 15.0. The Morgan fingerprint density at radius 2 is 1.40 bits per heavy atom. The number of hydrogen-bond donors (Lipinski definition) is 0. The van der Waals surface area contributed by atoms with Crippen molar-refractivity contribution >= 4 is 5.78 Å². The molecule has 1 saturated heterocycles. The average molecular weight is 400 g/mol. The van der Waals surface area contributed by atoms with Crippen LogP contribution in [-0.4, -0.2) is 30.4 Å². The van der Waals surface area contributed by atoms with Crippen LogP contribution in [0.3, 0.4) is 0 Å². The Kier molecular flexibility index (Phi) is 6.94. The van der Waals surface area contributed by atoms with E-state index in [4.69, 9.17) is 4.74 Å². The third kappa shape index (κ3) is 5.58. The van der Waals surface area contributed by atoms with Crippen LogP contribution < -0.4 is 4.74 Å². The molecule has 0 bridgehead atoms. The van der Waals surface area contributed by atoms with Gasteiger partial charge in [-0.2, -0.15) is 0 Å². The first kappa shape index (κ1) is 20.4. The monoisotopic (exact) mass is 399 g/mol. The molecule has 1 aliphatic heterocycles. The van der Waals surface area contributed by atoms with Crippen molar-refractivity contribution in [2.45, 2.75) is 25.8 Å².